The van der Waals surface area contributed by atoms with Crippen LogP contribution in [0.15, 0.2) is 40.8 Å². The Labute approximate surface area is 122 Å². The van der Waals surface area contributed by atoms with Crippen LogP contribution in [0.2, 0.25) is 0 Å². The van der Waals surface area contributed by atoms with Crippen LogP contribution in [-0.2, 0) is 11.3 Å². The van der Waals surface area contributed by atoms with E-state index in [0.29, 0.717) is 17.9 Å². The molecule has 0 saturated carbocycles. The summed E-state index contributed by atoms with van der Waals surface area (Å²) in [6, 6.07) is 10.3. The third-order valence-electron chi connectivity index (χ3n) is 3.51. The molecule has 1 aliphatic heterocycles. The summed E-state index contributed by atoms with van der Waals surface area (Å²) in [5, 5.41) is 11.1. The van der Waals surface area contributed by atoms with Gasteiger partial charge in [0.2, 0.25) is 0 Å². The van der Waals surface area contributed by atoms with E-state index in [1.54, 1.807) is 24.3 Å². The summed E-state index contributed by atoms with van der Waals surface area (Å²) in [4.78, 5) is 12.9. The maximum atomic E-state index is 11.1. The number of hydrogen-bond acceptors (Lipinski definition) is 5. The minimum absolute atomic E-state index is 0.0600. The Kier molecular flexibility index (Phi) is 3.98. The molecule has 0 N–H and O–H groups in total. The van der Waals surface area contributed by atoms with Crippen LogP contribution < -0.4 is 0 Å². The fourth-order valence-corrected chi connectivity index (χ4v) is 2.43. The van der Waals surface area contributed by atoms with E-state index in [-0.39, 0.29) is 10.6 Å². The number of nitrogens with zero attached hydrogens (tertiary/aromatic N) is 2. The first-order chi connectivity index (χ1) is 10.2. The molecule has 2 heterocycles. The van der Waals surface area contributed by atoms with E-state index in [1.807, 2.05) is 6.07 Å². The summed E-state index contributed by atoms with van der Waals surface area (Å²) in [5.74, 6) is 1.34. The van der Waals surface area contributed by atoms with Gasteiger partial charge in [-0.25, -0.2) is 0 Å². The van der Waals surface area contributed by atoms with Gasteiger partial charge in [0.1, 0.15) is 11.5 Å². The Balaban J connectivity index is 1.80. The minimum atomic E-state index is -0.389. The largest absolute Gasteiger partial charge is 0.459 e. The van der Waals surface area contributed by atoms with Crippen LogP contribution in [0.1, 0.15) is 5.76 Å². The predicted molar refractivity (Wildman–Crippen MR) is 76.9 cm³/mol. The van der Waals surface area contributed by atoms with E-state index < -0.39 is 0 Å². The molecule has 1 aromatic heterocycles. The number of benzene rings is 1. The number of para-hydroxylation sites is 1. The normalized spacial score (nSPS) is 16.0. The first kappa shape index (κ1) is 13.8. The predicted octanol–water partition coefficient (Wildman–Crippen LogP) is 2.69. The average Bonchev–Trinajstić information content (AvgIpc) is 2.96. The lowest BCUT2D eigenvalue weighted by molar-refractivity contribution is -0.384. The molecule has 110 valence electrons. The van der Waals surface area contributed by atoms with Gasteiger partial charge in [0, 0.05) is 19.2 Å². The van der Waals surface area contributed by atoms with Crippen LogP contribution in [0.4, 0.5) is 5.69 Å². The minimum Gasteiger partial charge on any atom is -0.459 e. The molecule has 6 heteroatoms. The van der Waals surface area contributed by atoms with Gasteiger partial charge in [0.15, 0.2) is 0 Å². The van der Waals surface area contributed by atoms with E-state index in [0.717, 1.165) is 32.1 Å². The molecule has 21 heavy (non-hydrogen) atoms. The van der Waals surface area contributed by atoms with E-state index in [9.17, 15) is 10.1 Å². The van der Waals surface area contributed by atoms with Crippen LogP contribution in [0, 0.1) is 10.1 Å². The molecule has 0 unspecified atom stereocenters. The molecule has 0 amide bonds. The Bertz CT molecular complexity index is 632. The quantitative estimate of drug-likeness (QED) is 0.639. The summed E-state index contributed by atoms with van der Waals surface area (Å²) in [7, 11) is 0. The molecule has 3 rings (SSSR count). The second kappa shape index (κ2) is 6.07. The number of rotatable bonds is 4. The molecule has 0 aliphatic carbocycles. The number of furan rings is 1. The topological polar surface area (TPSA) is 68.8 Å². The van der Waals surface area contributed by atoms with Gasteiger partial charge in [0.25, 0.3) is 5.69 Å². The van der Waals surface area contributed by atoms with Gasteiger partial charge in [-0.2, -0.15) is 0 Å². The Morgan fingerprint density at radius 3 is 2.67 bits per heavy atom. The molecular formula is C15H16N2O4. The molecule has 1 fully saturated rings. The monoisotopic (exact) mass is 288 g/mol. The molecule has 0 atom stereocenters. The average molecular weight is 288 g/mol. The second-order valence-corrected chi connectivity index (χ2v) is 4.93. The lowest BCUT2D eigenvalue weighted by Gasteiger charge is -2.25. The van der Waals surface area contributed by atoms with Crippen LogP contribution in [-0.4, -0.2) is 36.1 Å². The Morgan fingerprint density at radius 1 is 1.14 bits per heavy atom. The van der Waals surface area contributed by atoms with E-state index >= 15 is 0 Å². The van der Waals surface area contributed by atoms with Gasteiger partial charge in [0.05, 0.1) is 30.2 Å². The molecule has 0 bridgehead atoms. The lowest BCUT2D eigenvalue weighted by Crippen LogP contribution is -2.35. The van der Waals surface area contributed by atoms with Crippen molar-refractivity contribution in [3.05, 3.63) is 52.3 Å². The van der Waals surface area contributed by atoms with Crippen molar-refractivity contribution in [2.75, 3.05) is 26.3 Å². The SMILES string of the molecule is O=[N+]([O-])c1ccccc1-c1ccc(CN2CCOCC2)o1. The van der Waals surface area contributed by atoms with E-state index in [2.05, 4.69) is 4.90 Å². The molecule has 0 radical (unpaired) electrons. The zero-order valence-corrected chi connectivity index (χ0v) is 11.5. The number of morpholine rings is 1. The number of nitro benzene ring substituents is 1. The second-order valence-electron chi connectivity index (χ2n) is 4.93. The van der Waals surface area contributed by atoms with Crippen molar-refractivity contribution in [3.63, 3.8) is 0 Å². The number of nitro groups is 1. The van der Waals surface area contributed by atoms with Crippen molar-refractivity contribution in [1.29, 1.82) is 0 Å². The maximum absolute atomic E-state index is 11.1. The standard InChI is InChI=1S/C15H16N2O4/c18-17(19)14-4-2-1-3-13(14)15-6-5-12(21-15)11-16-7-9-20-10-8-16/h1-6H,7-11H2. The molecule has 1 aromatic carbocycles. The maximum Gasteiger partial charge on any atom is 0.280 e. The Hall–Kier alpha value is -2.18. The summed E-state index contributed by atoms with van der Waals surface area (Å²) < 4.78 is 11.1. The fraction of sp³-hybridized carbons (Fsp3) is 0.333. The lowest BCUT2D eigenvalue weighted by atomic mass is 10.1. The smallest absolute Gasteiger partial charge is 0.280 e. The van der Waals surface area contributed by atoms with Crippen LogP contribution in [0.3, 0.4) is 0 Å². The fourth-order valence-electron chi connectivity index (χ4n) is 2.43. The molecule has 1 saturated heterocycles. The van der Waals surface area contributed by atoms with Crippen LogP contribution >= 0.6 is 0 Å². The highest BCUT2D eigenvalue weighted by molar-refractivity contribution is 5.69. The van der Waals surface area contributed by atoms with Gasteiger partial charge in [-0.15, -0.1) is 0 Å². The van der Waals surface area contributed by atoms with Crippen molar-refractivity contribution in [1.82, 2.24) is 4.90 Å². The zero-order chi connectivity index (χ0) is 14.7. The summed E-state index contributed by atoms with van der Waals surface area (Å²) in [6.45, 7) is 3.92. The third-order valence-corrected chi connectivity index (χ3v) is 3.51. The number of ether oxygens (including phenoxy) is 1. The van der Waals surface area contributed by atoms with Crippen molar-refractivity contribution in [2.24, 2.45) is 0 Å². The van der Waals surface area contributed by atoms with Gasteiger partial charge < -0.3 is 9.15 Å². The van der Waals surface area contributed by atoms with Gasteiger partial charge in [-0.3, -0.25) is 15.0 Å². The van der Waals surface area contributed by atoms with Gasteiger partial charge in [-0.05, 0) is 18.2 Å². The highest BCUT2D eigenvalue weighted by atomic mass is 16.6. The van der Waals surface area contributed by atoms with Gasteiger partial charge in [-0.1, -0.05) is 12.1 Å². The summed E-state index contributed by atoms with van der Waals surface area (Å²) in [5.41, 5.74) is 0.570. The van der Waals surface area contributed by atoms with E-state index in [4.69, 9.17) is 9.15 Å². The molecule has 0 spiro atoms. The Morgan fingerprint density at radius 2 is 1.90 bits per heavy atom. The molecular weight excluding hydrogens is 272 g/mol. The van der Waals surface area contributed by atoms with Gasteiger partial charge >= 0.3 is 0 Å². The van der Waals surface area contributed by atoms with Crippen LogP contribution in [0.25, 0.3) is 11.3 Å². The van der Waals surface area contributed by atoms with Crippen molar-refractivity contribution in [3.8, 4) is 11.3 Å². The first-order valence-electron chi connectivity index (χ1n) is 6.86. The zero-order valence-electron chi connectivity index (χ0n) is 11.5. The van der Waals surface area contributed by atoms with E-state index in [1.165, 1.54) is 6.07 Å². The molecule has 2 aromatic rings. The third kappa shape index (κ3) is 3.12. The van der Waals surface area contributed by atoms with Crippen molar-refractivity contribution >= 4 is 5.69 Å². The first-order valence-corrected chi connectivity index (χ1v) is 6.86. The summed E-state index contributed by atoms with van der Waals surface area (Å²) in [6.07, 6.45) is 0. The summed E-state index contributed by atoms with van der Waals surface area (Å²) >= 11 is 0. The molecule has 6 nitrogen and oxygen atoms in total. The molecule has 1 aliphatic rings. The highest BCUT2D eigenvalue weighted by Gasteiger charge is 2.18. The van der Waals surface area contributed by atoms with Crippen LogP contribution in [0.5, 0.6) is 0 Å². The highest BCUT2D eigenvalue weighted by Crippen LogP contribution is 2.31. The van der Waals surface area contributed by atoms with Crippen molar-refractivity contribution in [2.45, 2.75) is 6.54 Å². The van der Waals surface area contributed by atoms with Crippen molar-refractivity contribution < 1.29 is 14.1 Å². The number of hydrogen-bond donors (Lipinski definition) is 0.